The van der Waals surface area contributed by atoms with E-state index in [9.17, 15) is 27.4 Å². The Morgan fingerprint density at radius 2 is 1.79 bits per heavy atom. The molecule has 1 aliphatic rings. The van der Waals surface area contributed by atoms with Gasteiger partial charge in [0.05, 0.1) is 51.9 Å². The molecule has 2 aromatic carbocycles. The highest BCUT2D eigenvalue weighted by molar-refractivity contribution is 7.85. The molecule has 1 N–H and O–H groups in total. The lowest BCUT2D eigenvalue weighted by molar-refractivity contribution is -0.140. The third kappa shape index (κ3) is 5.17. The molecule has 3 rings (SSSR count). The van der Waals surface area contributed by atoms with Crippen LogP contribution in [0.1, 0.15) is 30.9 Å². The van der Waals surface area contributed by atoms with Gasteiger partial charge < -0.3 is 10.1 Å². The third-order valence-electron chi connectivity index (χ3n) is 5.12. The summed E-state index contributed by atoms with van der Waals surface area (Å²) in [4.78, 5) is 13.5. The largest absolute Gasteiger partial charge is 0.463 e. The zero-order valence-electron chi connectivity index (χ0n) is 17.9. The molecule has 0 aliphatic carbocycles. The fraction of sp³-hybridized carbons (Fsp3) is 0.250. The minimum absolute atomic E-state index is 0.0182. The Morgan fingerprint density at radius 1 is 1.15 bits per heavy atom. The topological polar surface area (TPSA) is 79.2 Å². The Bertz CT molecular complexity index is 1180. The molecular weight excluding hydrogens is 453 g/mol. The zero-order chi connectivity index (χ0) is 24.2. The van der Waals surface area contributed by atoms with Crippen molar-refractivity contribution in [1.82, 2.24) is 5.32 Å². The molecule has 0 fully saturated rings. The molecule has 0 amide bonds. The molecule has 1 unspecified atom stereocenters. The Hall–Kier alpha value is -3.38. The average molecular weight is 475 g/mol. The smallest absolute Gasteiger partial charge is 0.416 e. The fourth-order valence-electron chi connectivity index (χ4n) is 3.71. The van der Waals surface area contributed by atoms with Gasteiger partial charge in [0.15, 0.2) is 0 Å². The number of esters is 1. The molecule has 0 bridgehead atoms. The average Bonchev–Trinajstić information content (AvgIpc) is 2.78. The molecule has 0 spiro atoms. The van der Waals surface area contributed by atoms with Crippen LogP contribution in [0.15, 0.2) is 82.0 Å². The molecule has 33 heavy (non-hydrogen) atoms. The number of ether oxygens (including phenoxy) is 1. The van der Waals surface area contributed by atoms with E-state index in [4.69, 9.17) is 4.74 Å². The van der Waals surface area contributed by atoms with Crippen molar-refractivity contribution >= 4 is 16.8 Å². The van der Waals surface area contributed by atoms with Gasteiger partial charge in [-0.1, -0.05) is 36.4 Å². The van der Waals surface area contributed by atoms with Crippen molar-refractivity contribution in [1.29, 1.82) is 5.26 Å². The maximum Gasteiger partial charge on any atom is 0.416 e. The van der Waals surface area contributed by atoms with Gasteiger partial charge in [-0.25, -0.2) is 4.79 Å². The first-order chi connectivity index (χ1) is 15.7. The van der Waals surface area contributed by atoms with E-state index >= 15 is 0 Å². The van der Waals surface area contributed by atoms with Crippen molar-refractivity contribution in [3.8, 4) is 6.07 Å². The Labute approximate surface area is 192 Å². The van der Waals surface area contributed by atoms with Crippen molar-refractivity contribution in [2.75, 3.05) is 12.4 Å². The number of dihydropyridines is 1. The number of alkyl halides is 3. The van der Waals surface area contributed by atoms with Gasteiger partial charge in [-0.2, -0.15) is 18.4 Å². The van der Waals surface area contributed by atoms with Crippen LogP contribution in [-0.4, -0.2) is 22.5 Å². The quantitative estimate of drug-likeness (QED) is 0.608. The van der Waals surface area contributed by atoms with Crippen LogP contribution in [0.3, 0.4) is 0 Å². The van der Waals surface area contributed by atoms with Gasteiger partial charge in [-0.15, -0.1) is 0 Å². The van der Waals surface area contributed by atoms with Crippen LogP contribution < -0.4 is 5.32 Å². The molecule has 0 radical (unpaired) electrons. The van der Waals surface area contributed by atoms with Crippen LogP contribution in [0.2, 0.25) is 0 Å². The summed E-state index contributed by atoms with van der Waals surface area (Å²) in [5, 5.41) is 12.7. The normalized spacial score (nSPS) is 17.3. The lowest BCUT2D eigenvalue weighted by Gasteiger charge is -2.31. The molecule has 9 heteroatoms. The van der Waals surface area contributed by atoms with Gasteiger partial charge in [0.2, 0.25) is 0 Å². The highest BCUT2D eigenvalue weighted by Gasteiger charge is 2.41. The summed E-state index contributed by atoms with van der Waals surface area (Å²) in [7, 11) is -1.60. The van der Waals surface area contributed by atoms with E-state index in [0.29, 0.717) is 4.90 Å². The van der Waals surface area contributed by atoms with E-state index in [0.717, 1.165) is 6.07 Å². The Morgan fingerprint density at radius 3 is 2.39 bits per heavy atom. The van der Waals surface area contributed by atoms with Gasteiger partial charge in [0, 0.05) is 16.3 Å². The third-order valence-corrected chi connectivity index (χ3v) is 6.47. The molecule has 0 saturated carbocycles. The minimum Gasteiger partial charge on any atom is -0.463 e. The van der Waals surface area contributed by atoms with E-state index in [1.165, 1.54) is 25.1 Å². The SMILES string of the molecule is CCOC(=O)C1=C(CS(=O)c2ccccc2)NC(C)=C(C#N)[C@H]1c1ccccc1C(F)(F)F. The fourth-order valence-corrected chi connectivity index (χ4v) is 4.83. The van der Waals surface area contributed by atoms with E-state index in [1.54, 1.807) is 37.3 Å². The summed E-state index contributed by atoms with van der Waals surface area (Å²) in [5.41, 5.74) is -0.943. The summed E-state index contributed by atoms with van der Waals surface area (Å²) >= 11 is 0. The van der Waals surface area contributed by atoms with E-state index in [-0.39, 0.29) is 40.5 Å². The second-order valence-corrected chi connectivity index (χ2v) is 8.66. The summed E-state index contributed by atoms with van der Waals surface area (Å²) in [6.45, 7) is 3.09. The molecule has 2 aromatic rings. The van der Waals surface area contributed by atoms with Gasteiger partial charge >= 0.3 is 12.1 Å². The first-order valence-electron chi connectivity index (χ1n) is 10.1. The molecule has 1 aliphatic heterocycles. The van der Waals surface area contributed by atoms with Gasteiger partial charge in [0.25, 0.3) is 0 Å². The van der Waals surface area contributed by atoms with E-state index in [1.807, 2.05) is 6.07 Å². The number of hydrogen-bond donors (Lipinski definition) is 1. The number of benzene rings is 2. The molecule has 0 saturated heterocycles. The number of allylic oxidation sites excluding steroid dienone is 2. The molecule has 2 atom stereocenters. The van der Waals surface area contributed by atoms with E-state index in [2.05, 4.69) is 5.32 Å². The number of halogens is 3. The van der Waals surface area contributed by atoms with Crippen LogP contribution in [0.5, 0.6) is 0 Å². The highest BCUT2D eigenvalue weighted by Crippen LogP contribution is 2.44. The summed E-state index contributed by atoms with van der Waals surface area (Å²) in [6, 6.07) is 15.3. The van der Waals surface area contributed by atoms with E-state index < -0.39 is 34.4 Å². The first kappa shape index (κ1) is 24.3. The van der Waals surface area contributed by atoms with Crippen molar-refractivity contribution in [2.45, 2.75) is 30.8 Å². The lowest BCUT2D eigenvalue weighted by atomic mass is 9.79. The van der Waals surface area contributed by atoms with Crippen LogP contribution in [-0.2, 0) is 26.5 Å². The highest BCUT2D eigenvalue weighted by atomic mass is 32.2. The number of rotatable bonds is 6. The number of nitrogens with zero attached hydrogens (tertiary/aromatic N) is 1. The molecule has 5 nitrogen and oxygen atoms in total. The zero-order valence-corrected chi connectivity index (χ0v) is 18.7. The number of nitriles is 1. The predicted molar refractivity (Wildman–Crippen MR) is 117 cm³/mol. The van der Waals surface area contributed by atoms with Crippen LogP contribution >= 0.6 is 0 Å². The van der Waals surface area contributed by atoms with Crippen LogP contribution in [0, 0.1) is 11.3 Å². The van der Waals surface area contributed by atoms with Crippen molar-refractivity contribution in [3.63, 3.8) is 0 Å². The lowest BCUT2D eigenvalue weighted by Crippen LogP contribution is -2.33. The molecular formula is C24H21F3N2O3S. The van der Waals surface area contributed by atoms with Gasteiger partial charge in [0.1, 0.15) is 0 Å². The summed E-state index contributed by atoms with van der Waals surface area (Å²) in [5.74, 6) is -2.36. The number of hydrogen-bond acceptors (Lipinski definition) is 5. The van der Waals surface area contributed by atoms with Crippen molar-refractivity contribution < 1.29 is 26.9 Å². The van der Waals surface area contributed by atoms with Gasteiger partial charge in [-0.3, -0.25) is 4.21 Å². The standard InChI is InChI=1S/C24H21F3N2O3S/c1-3-32-23(30)22-20(14-33(31)16-9-5-4-6-10-16)29-15(2)18(13-28)21(22)17-11-7-8-12-19(17)24(25,26)27/h4-12,21,29H,3,14H2,1-2H3/t21-,33?/m1/s1. The Kier molecular flexibility index (Phi) is 7.39. The number of carbonyl (C=O) groups excluding carboxylic acids is 1. The Balaban J connectivity index is 2.23. The van der Waals surface area contributed by atoms with Crippen LogP contribution in [0.4, 0.5) is 13.2 Å². The van der Waals surface area contributed by atoms with Crippen molar-refractivity contribution in [3.05, 3.63) is 88.3 Å². The first-order valence-corrected chi connectivity index (χ1v) is 11.4. The molecule has 0 aromatic heterocycles. The minimum atomic E-state index is -4.71. The number of carbonyl (C=O) groups is 1. The van der Waals surface area contributed by atoms with Crippen LogP contribution in [0.25, 0.3) is 0 Å². The second kappa shape index (κ2) is 10.0. The van der Waals surface area contributed by atoms with Gasteiger partial charge in [-0.05, 0) is 37.6 Å². The number of nitrogens with one attached hydrogen (secondary N) is 1. The summed E-state index contributed by atoms with van der Waals surface area (Å²) in [6.07, 6.45) is -4.71. The second-order valence-electron chi connectivity index (χ2n) is 7.21. The summed E-state index contributed by atoms with van der Waals surface area (Å²) < 4.78 is 59.7. The maximum absolute atomic E-state index is 13.8. The predicted octanol–water partition coefficient (Wildman–Crippen LogP) is 4.81. The molecule has 172 valence electrons. The molecule has 1 heterocycles. The monoisotopic (exact) mass is 474 g/mol. The maximum atomic E-state index is 13.8. The van der Waals surface area contributed by atoms with Crippen molar-refractivity contribution in [2.24, 2.45) is 0 Å².